The van der Waals surface area contributed by atoms with Gasteiger partial charge in [0, 0.05) is 11.9 Å². The van der Waals surface area contributed by atoms with Crippen molar-refractivity contribution in [1.82, 2.24) is 4.90 Å². The van der Waals surface area contributed by atoms with Gasteiger partial charge in [-0.15, -0.1) is 0 Å². The summed E-state index contributed by atoms with van der Waals surface area (Å²) < 4.78 is 29.9. The van der Waals surface area contributed by atoms with Gasteiger partial charge >= 0.3 is 0 Å². The molecule has 1 aromatic rings. The summed E-state index contributed by atoms with van der Waals surface area (Å²) in [4.78, 5) is 13.3. The third kappa shape index (κ3) is 3.94. The van der Waals surface area contributed by atoms with Crippen molar-refractivity contribution in [2.24, 2.45) is 0 Å². The van der Waals surface area contributed by atoms with E-state index in [0.29, 0.717) is 16.6 Å². The number of ether oxygens (including phenoxy) is 1. The molecule has 18 heavy (non-hydrogen) atoms. The van der Waals surface area contributed by atoms with E-state index >= 15 is 0 Å². The van der Waals surface area contributed by atoms with E-state index in [0.717, 1.165) is 4.90 Å². The molecule has 0 aromatic heterocycles. The summed E-state index contributed by atoms with van der Waals surface area (Å²) in [6, 6.07) is 6.58. The van der Waals surface area contributed by atoms with Crippen molar-refractivity contribution in [3.8, 4) is 5.75 Å². The van der Waals surface area contributed by atoms with Crippen LogP contribution in [0.3, 0.4) is 0 Å². The molecule has 0 N–H and O–H groups in total. The molecule has 0 saturated heterocycles. The lowest BCUT2D eigenvalue weighted by Gasteiger charge is -2.22. The normalized spacial score (nSPS) is 10.5. The summed E-state index contributed by atoms with van der Waals surface area (Å²) in [7, 11) is 1.44. The van der Waals surface area contributed by atoms with Gasteiger partial charge in [-0.3, -0.25) is 4.79 Å². The molecule has 0 unspecified atom stereocenters. The molecule has 0 aliphatic carbocycles. The van der Waals surface area contributed by atoms with Crippen molar-refractivity contribution in [2.45, 2.75) is 6.43 Å². The van der Waals surface area contributed by atoms with E-state index in [1.807, 2.05) is 0 Å². The predicted molar refractivity (Wildman–Crippen MR) is 68.7 cm³/mol. The van der Waals surface area contributed by atoms with Crippen LogP contribution < -0.4 is 4.74 Å². The highest BCUT2D eigenvalue weighted by atomic mass is 79.9. The molecule has 1 aromatic carbocycles. The van der Waals surface area contributed by atoms with Crippen molar-refractivity contribution in [3.63, 3.8) is 0 Å². The molecule has 0 fully saturated rings. The van der Waals surface area contributed by atoms with Crippen LogP contribution in [-0.4, -0.2) is 42.8 Å². The van der Waals surface area contributed by atoms with E-state index in [1.54, 1.807) is 24.3 Å². The molecule has 3 nitrogen and oxygen atoms in total. The summed E-state index contributed by atoms with van der Waals surface area (Å²) in [6.45, 7) is -0.357. The Morgan fingerprint density at radius 2 is 2.11 bits per heavy atom. The number of para-hydroxylation sites is 1. The molecule has 0 bridgehead atoms. The first-order valence-corrected chi connectivity index (χ1v) is 6.48. The van der Waals surface area contributed by atoms with Gasteiger partial charge in [0.15, 0.2) is 0 Å². The molecule has 0 aliphatic rings. The van der Waals surface area contributed by atoms with E-state index < -0.39 is 18.9 Å². The fraction of sp³-hybridized carbons (Fsp3) is 0.417. The minimum atomic E-state index is -2.55. The predicted octanol–water partition coefficient (Wildman–Crippen LogP) is 2.80. The SMILES string of the molecule is COc1ccccc1C(=O)N(CCBr)CC(F)F. The number of hydrogen-bond acceptors (Lipinski definition) is 2. The quantitative estimate of drug-likeness (QED) is 0.754. The molecule has 0 saturated carbocycles. The highest BCUT2D eigenvalue weighted by Crippen LogP contribution is 2.19. The Hall–Kier alpha value is -1.17. The average molecular weight is 322 g/mol. The van der Waals surface area contributed by atoms with Crippen LogP contribution in [0.4, 0.5) is 8.78 Å². The largest absolute Gasteiger partial charge is 0.496 e. The maximum atomic E-state index is 12.4. The number of nitrogens with zero attached hydrogens (tertiary/aromatic N) is 1. The molecule has 0 heterocycles. The minimum Gasteiger partial charge on any atom is -0.496 e. The molecule has 0 atom stereocenters. The van der Waals surface area contributed by atoms with Crippen LogP contribution in [-0.2, 0) is 0 Å². The van der Waals surface area contributed by atoms with Crippen LogP contribution in [0, 0.1) is 0 Å². The summed E-state index contributed by atoms with van der Waals surface area (Å²) in [5.41, 5.74) is 0.293. The lowest BCUT2D eigenvalue weighted by molar-refractivity contribution is 0.0569. The molecule has 100 valence electrons. The molecule has 6 heteroatoms. The average Bonchev–Trinajstić information content (AvgIpc) is 2.37. The second-order valence-electron chi connectivity index (χ2n) is 3.53. The second kappa shape index (κ2) is 7.31. The van der Waals surface area contributed by atoms with E-state index in [-0.39, 0.29) is 6.54 Å². The van der Waals surface area contributed by atoms with Crippen LogP contribution in [0.25, 0.3) is 0 Å². The number of carbonyl (C=O) groups is 1. The van der Waals surface area contributed by atoms with Crippen molar-refractivity contribution < 1.29 is 18.3 Å². The Morgan fingerprint density at radius 3 is 2.67 bits per heavy atom. The van der Waals surface area contributed by atoms with Crippen LogP contribution >= 0.6 is 15.9 Å². The lowest BCUT2D eigenvalue weighted by Crippen LogP contribution is -2.36. The van der Waals surface area contributed by atoms with Gasteiger partial charge in [-0.2, -0.15) is 0 Å². The number of benzene rings is 1. The molecule has 0 spiro atoms. The Labute approximate surface area is 113 Å². The summed E-state index contributed by atoms with van der Waals surface area (Å²) >= 11 is 3.15. The molecular weight excluding hydrogens is 308 g/mol. The molecule has 0 radical (unpaired) electrons. The third-order valence-corrected chi connectivity index (χ3v) is 2.69. The van der Waals surface area contributed by atoms with Gasteiger partial charge in [-0.05, 0) is 12.1 Å². The van der Waals surface area contributed by atoms with Gasteiger partial charge in [0.05, 0.1) is 19.2 Å². The topological polar surface area (TPSA) is 29.5 Å². The maximum Gasteiger partial charge on any atom is 0.257 e. The molecule has 1 amide bonds. The number of methoxy groups -OCH3 is 1. The molecular formula is C12H14BrF2NO2. The van der Waals surface area contributed by atoms with Crippen molar-refractivity contribution in [3.05, 3.63) is 29.8 Å². The summed E-state index contributed by atoms with van der Waals surface area (Å²) in [5.74, 6) is -0.0662. The summed E-state index contributed by atoms with van der Waals surface area (Å²) in [5, 5.41) is 0.445. The monoisotopic (exact) mass is 321 g/mol. The second-order valence-corrected chi connectivity index (χ2v) is 4.32. The van der Waals surface area contributed by atoms with Gasteiger partial charge in [0.1, 0.15) is 5.75 Å². The number of alkyl halides is 3. The van der Waals surface area contributed by atoms with E-state index in [1.165, 1.54) is 7.11 Å². The van der Waals surface area contributed by atoms with Crippen molar-refractivity contribution in [2.75, 3.05) is 25.5 Å². The highest BCUT2D eigenvalue weighted by Gasteiger charge is 2.21. The van der Waals surface area contributed by atoms with Gasteiger partial charge in [-0.25, -0.2) is 8.78 Å². The number of carbonyl (C=O) groups excluding carboxylic acids is 1. The van der Waals surface area contributed by atoms with E-state index in [9.17, 15) is 13.6 Å². The maximum absolute atomic E-state index is 12.4. The Balaban J connectivity index is 2.94. The highest BCUT2D eigenvalue weighted by molar-refractivity contribution is 9.09. The van der Waals surface area contributed by atoms with E-state index in [2.05, 4.69) is 15.9 Å². The van der Waals surface area contributed by atoms with Crippen LogP contribution in [0.5, 0.6) is 5.75 Å². The fourth-order valence-electron chi connectivity index (χ4n) is 1.54. The first kappa shape index (κ1) is 14.9. The van der Waals surface area contributed by atoms with Crippen molar-refractivity contribution in [1.29, 1.82) is 0 Å². The Kier molecular flexibility index (Phi) is 6.04. The minimum absolute atomic E-state index is 0.223. The van der Waals surface area contributed by atoms with Gasteiger partial charge in [0.25, 0.3) is 12.3 Å². The summed E-state index contributed by atoms with van der Waals surface area (Å²) in [6.07, 6.45) is -2.55. The Bertz CT molecular complexity index is 401. The standard InChI is InChI=1S/C12H14BrF2NO2/c1-18-10-5-3-2-4-9(10)12(17)16(7-6-13)8-11(14)15/h2-5,11H,6-8H2,1H3. The first-order chi connectivity index (χ1) is 8.60. The third-order valence-electron chi connectivity index (χ3n) is 2.34. The van der Waals surface area contributed by atoms with E-state index in [4.69, 9.17) is 4.74 Å². The first-order valence-electron chi connectivity index (χ1n) is 5.36. The zero-order chi connectivity index (χ0) is 13.5. The zero-order valence-electron chi connectivity index (χ0n) is 9.91. The van der Waals surface area contributed by atoms with Crippen molar-refractivity contribution >= 4 is 21.8 Å². The van der Waals surface area contributed by atoms with Crippen LogP contribution in [0.1, 0.15) is 10.4 Å². The number of hydrogen-bond donors (Lipinski definition) is 0. The van der Waals surface area contributed by atoms with Gasteiger partial charge in [-0.1, -0.05) is 28.1 Å². The zero-order valence-corrected chi connectivity index (χ0v) is 11.5. The smallest absolute Gasteiger partial charge is 0.257 e. The number of rotatable bonds is 6. The molecule has 0 aliphatic heterocycles. The van der Waals surface area contributed by atoms with Crippen LogP contribution in [0.2, 0.25) is 0 Å². The number of halogens is 3. The van der Waals surface area contributed by atoms with Crippen LogP contribution in [0.15, 0.2) is 24.3 Å². The van der Waals surface area contributed by atoms with Gasteiger partial charge in [0.2, 0.25) is 0 Å². The lowest BCUT2D eigenvalue weighted by atomic mass is 10.1. The molecule has 1 rings (SSSR count). The number of amides is 1. The Morgan fingerprint density at radius 1 is 1.44 bits per heavy atom. The van der Waals surface area contributed by atoms with Gasteiger partial charge < -0.3 is 9.64 Å². The fourth-order valence-corrected chi connectivity index (χ4v) is 1.96.